The molecule has 0 aromatic rings. The average Bonchev–Trinajstić information content (AvgIpc) is 2.21. The van der Waals surface area contributed by atoms with Gasteiger partial charge in [0.25, 0.3) is 10.1 Å². The third kappa shape index (κ3) is 13.2. The van der Waals surface area contributed by atoms with Gasteiger partial charge in [-0.25, -0.2) is 4.79 Å². The molecular weight excluding hydrogens is 252 g/mol. The molecule has 0 saturated carbocycles. The Morgan fingerprint density at radius 1 is 1.06 bits per heavy atom. The van der Waals surface area contributed by atoms with Gasteiger partial charge in [-0.2, -0.15) is 8.42 Å². The minimum absolute atomic E-state index is 0.0310. The van der Waals surface area contributed by atoms with Crippen molar-refractivity contribution in [2.24, 2.45) is 0 Å². The summed E-state index contributed by atoms with van der Waals surface area (Å²) in [6.45, 7) is 2.53. The number of hydrogen-bond donors (Lipinski definition) is 0. The molecule has 0 saturated heterocycles. The zero-order chi connectivity index (χ0) is 13.1. The predicted molar refractivity (Wildman–Crippen MR) is 59.1 cm³/mol. The molecule has 17 heavy (non-hydrogen) atoms. The Bertz CT molecular complexity index is 298. The van der Waals surface area contributed by atoms with E-state index in [1.54, 1.807) is 6.92 Å². The maximum absolute atomic E-state index is 10.8. The smallest absolute Gasteiger partial charge is 0.332 e. The minimum Gasteiger partial charge on any atom is -0.464 e. The molecule has 0 radical (unpaired) electrons. The van der Waals surface area contributed by atoms with E-state index in [4.69, 9.17) is 9.47 Å². The Morgan fingerprint density at radius 3 is 2.24 bits per heavy atom. The summed E-state index contributed by atoms with van der Waals surface area (Å²) in [4.78, 5) is 10.8. The second-order valence-corrected chi connectivity index (χ2v) is 4.64. The van der Waals surface area contributed by atoms with E-state index in [1.165, 1.54) is 0 Å². The van der Waals surface area contributed by atoms with Crippen LogP contribution in [0.1, 0.15) is 6.92 Å². The molecule has 0 rings (SSSR count). The van der Waals surface area contributed by atoms with Gasteiger partial charge in [-0.1, -0.05) is 0 Å². The van der Waals surface area contributed by atoms with Gasteiger partial charge in [-0.3, -0.25) is 4.18 Å². The Kier molecular flexibility index (Phi) is 8.96. The highest BCUT2D eigenvalue weighted by Crippen LogP contribution is 1.87. The first-order chi connectivity index (χ1) is 7.95. The van der Waals surface area contributed by atoms with E-state index in [1.807, 2.05) is 0 Å². The molecule has 0 atom stereocenters. The standard InChI is InChI=1S/C9H18O7S/c1-3-15-9(10)8-14-5-4-13-6-7-16-17(2,11)12/h3-8H2,1-2H3. The van der Waals surface area contributed by atoms with Crippen molar-refractivity contribution < 1.29 is 31.6 Å². The Labute approximate surface area is 101 Å². The molecule has 0 bridgehead atoms. The van der Waals surface area contributed by atoms with Gasteiger partial charge < -0.3 is 14.2 Å². The third-order valence-electron chi connectivity index (χ3n) is 1.42. The molecule has 8 heteroatoms. The molecule has 0 N–H and O–H groups in total. The molecule has 0 unspecified atom stereocenters. The maximum atomic E-state index is 10.8. The molecule has 0 aromatic heterocycles. The Morgan fingerprint density at radius 2 is 1.65 bits per heavy atom. The first-order valence-electron chi connectivity index (χ1n) is 5.11. The highest BCUT2D eigenvalue weighted by atomic mass is 32.2. The molecular formula is C9H18O7S. The van der Waals surface area contributed by atoms with Gasteiger partial charge in [0.1, 0.15) is 6.61 Å². The number of hydrogen-bond acceptors (Lipinski definition) is 7. The molecule has 0 amide bonds. The second kappa shape index (κ2) is 9.34. The molecule has 0 fully saturated rings. The number of carbonyl (C=O) groups excluding carboxylic acids is 1. The summed E-state index contributed by atoms with van der Waals surface area (Å²) in [7, 11) is -3.41. The first-order valence-corrected chi connectivity index (χ1v) is 6.93. The normalized spacial score (nSPS) is 11.4. The van der Waals surface area contributed by atoms with Crippen molar-refractivity contribution in [3.8, 4) is 0 Å². The quantitative estimate of drug-likeness (QED) is 0.302. The van der Waals surface area contributed by atoms with Crippen LogP contribution in [0.2, 0.25) is 0 Å². The summed E-state index contributed by atoms with van der Waals surface area (Å²) in [5.74, 6) is -0.423. The third-order valence-corrected chi connectivity index (χ3v) is 2.02. The number of rotatable bonds is 10. The lowest BCUT2D eigenvalue weighted by Crippen LogP contribution is -2.16. The Balaban J connectivity index is 3.22. The number of esters is 1. The van der Waals surface area contributed by atoms with Gasteiger partial charge in [-0.05, 0) is 6.92 Å². The fourth-order valence-corrected chi connectivity index (χ4v) is 1.19. The van der Waals surface area contributed by atoms with E-state index in [0.717, 1.165) is 6.26 Å². The highest BCUT2D eigenvalue weighted by Gasteiger charge is 2.02. The summed E-state index contributed by atoms with van der Waals surface area (Å²) >= 11 is 0. The lowest BCUT2D eigenvalue weighted by Gasteiger charge is -2.05. The van der Waals surface area contributed by atoms with Crippen LogP contribution < -0.4 is 0 Å². The van der Waals surface area contributed by atoms with E-state index in [2.05, 4.69) is 8.92 Å². The first kappa shape index (κ1) is 16.3. The van der Waals surface area contributed by atoms with Crippen molar-refractivity contribution >= 4 is 16.1 Å². The van der Waals surface area contributed by atoms with E-state index in [0.29, 0.717) is 6.61 Å². The van der Waals surface area contributed by atoms with Crippen molar-refractivity contribution in [1.29, 1.82) is 0 Å². The van der Waals surface area contributed by atoms with Gasteiger partial charge in [0.05, 0.1) is 39.3 Å². The monoisotopic (exact) mass is 270 g/mol. The minimum atomic E-state index is -3.41. The van der Waals surface area contributed by atoms with Crippen LogP contribution in [0.15, 0.2) is 0 Å². The molecule has 7 nitrogen and oxygen atoms in total. The van der Waals surface area contributed by atoms with Crippen LogP contribution >= 0.6 is 0 Å². The van der Waals surface area contributed by atoms with Crippen LogP contribution in [0.4, 0.5) is 0 Å². The number of ether oxygens (including phenoxy) is 3. The molecule has 0 aliphatic rings. The molecule has 0 heterocycles. The van der Waals surface area contributed by atoms with Crippen LogP contribution in [0, 0.1) is 0 Å². The van der Waals surface area contributed by atoms with Crippen LogP contribution in [0.25, 0.3) is 0 Å². The summed E-state index contributed by atoms with van der Waals surface area (Å²) in [5, 5.41) is 0. The van der Waals surface area contributed by atoms with Crippen molar-refractivity contribution in [1.82, 2.24) is 0 Å². The van der Waals surface area contributed by atoms with Crippen LogP contribution in [0.5, 0.6) is 0 Å². The summed E-state index contributed by atoms with van der Waals surface area (Å²) < 4.78 is 40.1. The van der Waals surface area contributed by atoms with Crippen LogP contribution in [-0.4, -0.2) is 60.3 Å². The van der Waals surface area contributed by atoms with E-state index in [-0.39, 0.29) is 33.0 Å². The molecule has 0 aliphatic heterocycles. The van der Waals surface area contributed by atoms with E-state index in [9.17, 15) is 13.2 Å². The lowest BCUT2D eigenvalue weighted by molar-refractivity contribution is -0.148. The summed E-state index contributed by atoms with van der Waals surface area (Å²) in [6, 6.07) is 0. The van der Waals surface area contributed by atoms with Crippen molar-refractivity contribution in [2.45, 2.75) is 6.92 Å². The molecule has 0 aliphatic carbocycles. The van der Waals surface area contributed by atoms with E-state index >= 15 is 0 Å². The maximum Gasteiger partial charge on any atom is 0.332 e. The summed E-state index contributed by atoms with van der Waals surface area (Å²) in [5.41, 5.74) is 0. The van der Waals surface area contributed by atoms with Crippen molar-refractivity contribution in [2.75, 3.05) is 45.9 Å². The van der Waals surface area contributed by atoms with Crippen molar-refractivity contribution in [3.63, 3.8) is 0 Å². The van der Waals surface area contributed by atoms with Gasteiger partial charge >= 0.3 is 5.97 Å². The molecule has 0 aromatic carbocycles. The van der Waals surface area contributed by atoms with Crippen LogP contribution in [0.3, 0.4) is 0 Å². The van der Waals surface area contributed by atoms with Gasteiger partial charge in [0, 0.05) is 0 Å². The van der Waals surface area contributed by atoms with E-state index < -0.39 is 16.1 Å². The van der Waals surface area contributed by atoms with Gasteiger partial charge in [0.15, 0.2) is 0 Å². The van der Waals surface area contributed by atoms with Crippen molar-refractivity contribution in [3.05, 3.63) is 0 Å². The lowest BCUT2D eigenvalue weighted by atomic mass is 10.7. The van der Waals surface area contributed by atoms with Gasteiger partial charge in [0.2, 0.25) is 0 Å². The predicted octanol–water partition coefficient (Wildman–Crippen LogP) is -0.441. The second-order valence-electron chi connectivity index (χ2n) is 3.00. The average molecular weight is 270 g/mol. The van der Waals surface area contributed by atoms with Gasteiger partial charge in [-0.15, -0.1) is 0 Å². The topological polar surface area (TPSA) is 88.1 Å². The van der Waals surface area contributed by atoms with Crippen LogP contribution in [-0.2, 0) is 33.3 Å². The fourth-order valence-electron chi connectivity index (χ4n) is 0.822. The highest BCUT2D eigenvalue weighted by molar-refractivity contribution is 7.85. The zero-order valence-corrected chi connectivity index (χ0v) is 10.8. The summed E-state index contributed by atoms with van der Waals surface area (Å²) in [6.07, 6.45) is 0.968. The molecule has 102 valence electrons. The molecule has 0 spiro atoms. The zero-order valence-electron chi connectivity index (χ0n) is 10.0. The SMILES string of the molecule is CCOC(=O)COCCOCCOS(C)(=O)=O. The number of carbonyl (C=O) groups is 1. The fraction of sp³-hybridized carbons (Fsp3) is 0.889. The largest absolute Gasteiger partial charge is 0.464 e. The Hall–Kier alpha value is -0.700.